The van der Waals surface area contributed by atoms with Crippen molar-refractivity contribution in [3.63, 3.8) is 0 Å². The second-order valence-electron chi connectivity index (χ2n) is 7.79. The summed E-state index contributed by atoms with van der Waals surface area (Å²) in [5.74, 6) is 0.614. The number of hydrogen-bond donors (Lipinski definition) is 3. The average molecular weight is 512 g/mol. The van der Waals surface area contributed by atoms with E-state index >= 15 is 0 Å². The Morgan fingerprint density at radius 2 is 1.89 bits per heavy atom. The molecule has 4 rings (SSSR count). The molecule has 0 saturated heterocycles. The first kappa shape index (κ1) is 24.9. The molecular formula is C21H21ClF3N7O3. The van der Waals surface area contributed by atoms with Gasteiger partial charge < -0.3 is 10.2 Å². The van der Waals surface area contributed by atoms with Crippen molar-refractivity contribution in [3.8, 4) is 11.4 Å². The molecule has 35 heavy (non-hydrogen) atoms. The second kappa shape index (κ2) is 9.77. The Morgan fingerprint density at radius 3 is 2.49 bits per heavy atom. The zero-order valence-corrected chi connectivity index (χ0v) is 19.0. The predicted molar refractivity (Wildman–Crippen MR) is 122 cm³/mol. The molecule has 3 N–H and O–H groups in total. The number of nitrogens with one attached hydrogen (secondary N) is 1. The molecule has 1 aromatic carbocycles. The topological polar surface area (TPSA) is 121 Å². The fraction of sp³-hybridized carbons (Fsp3) is 0.333. The zero-order valence-electron chi connectivity index (χ0n) is 18.3. The number of pyridine rings is 1. The predicted octanol–water partition coefficient (Wildman–Crippen LogP) is 1.81. The van der Waals surface area contributed by atoms with Gasteiger partial charge in [-0.25, -0.2) is 29.9 Å². The second-order valence-corrected chi connectivity index (χ2v) is 8.23. The molecule has 0 radical (unpaired) electrons. The molecule has 1 aliphatic rings. The molecule has 3 aromatic rings. The lowest BCUT2D eigenvalue weighted by Gasteiger charge is -2.21. The number of halogens is 4. The first-order chi connectivity index (χ1) is 16.5. The highest BCUT2D eigenvalue weighted by atomic mass is 35.5. The van der Waals surface area contributed by atoms with Gasteiger partial charge in [-0.2, -0.15) is 13.2 Å². The number of nitrogens with zero attached hydrogens (tertiary/aromatic N) is 6. The summed E-state index contributed by atoms with van der Waals surface area (Å²) >= 11 is 5.90. The maximum absolute atomic E-state index is 13.1. The third-order valence-electron chi connectivity index (χ3n) is 5.15. The minimum atomic E-state index is -4.93. The molecule has 14 heteroatoms. The fourth-order valence-corrected chi connectivity index (χ4v) is 3.61. The maximum Gasteiger partial charge on any atom is 0.416 e. The van der Waals surface area contributed by atoms with Crippen LogP contribution >= 0.6 is 11.6 Å². The van der Waals surface area contributed by atoms with E-state index in [1.807, 2.05) is 0 Å². The maximum atomic E-state index is 13.1. The molecule has 0 bridgehead atoms. The number of aliphatic hydroxyl groups is 2. The highest BCUT2D eigenvalue weighted by molar-refractivity contribution is 6.30. The van der Waals surface area contributed by atoms with E-state index < -0.39 is 36.8 Å². The third-order valence-corrected chi connectivity index (χ3v) is 5.40. The smallest absolute Gasteiger partial charge is 0.385 e. The summed E-state index contributed by atoms with van der Waals surface area (Å²) in [6, 6.07) is 11.2. The van der Waals surface area contributed by atoms with E-state index in [1.54, 1.807) is 24.4 Å². The van der Waals surface area contributed by atoms with Gasteiger partial charge in [0.25, 0.3) is 0 Å². The molecular weight excluding hydrogens is 491 g/mol. The first-order valence-corrected chi connectivity index (χ1v) is 10.8. The number of amidine groups is 1. The third kappa shape index (κ3) is 5.37. The molecule has 2 aromatic heterocycles. The van der Waals surface area contributed by atoms with Crippen LogP contribution in [0.5, 0.6) is 0 Å². The lowest BCUT2D eigenvalue weighted by atomic mass is 10.2. The van der Waals surface area contributed by atoms with Gasteiger partial charge in [-0.15, -0.1) is 5.10 Å². The van der Waals surface area contributed by atoms with Crippen molar-refractivity contribution in [3.05, 3.63) is 64.2 Å². The SMILES string of the molecule is C[C@H](O)C1=NC(Cn2nc(-c3ccc(Cl)cc3)n(C[C@H](O)C(F)(F)F)c2=O)NN1c1ccccn1. The van der Waals surface area contributed by atoms with Gasteiger partial charge in [0.2, 0.25) is 0 Å². The molecule has 0 amide bonds. The molecule has 10 nitrogen and oxygen atoms in total. The van der Waals surface area contributed by atoms with Gasteiger partial charge in [-0.1, -0.05) is 17.7 Å². The summed E-state index contributed by atoms with van der Waals surface area (Å²) < 4.78 is 40.8. The van der Waals surface area contributed by atoms with Crippen LogP contribution in [-0.4, -0.2) is 59.9 Å². The van der Waals surface area contributed by atoms with E-state index in [-0.39, 0.29) is 18.2 Å². The molecule has 0 fully saturated rings. The quantitative estimate of drug-likeness (QED) is 0.442. The molecule has 0 aliphatic carbocycles. The average Bonchev–Trinajstić information content (AvgIpc) is 3.37. The van der Waals surface area contributed by atoms with Crippen molar-refractivity contribution in [1.29, 1.82) is 0 Å². The first-order valence-electron chi connectivity index (χ1n) is 10.5. The monoisotopic (exact) mass is 511 g/mol. The van der Waals surface area contributed by atoms with Crippen LogP contribution in [0.1, 0.15) is 6.92 Å². The Labute approximate surface area is 201 Å². The van der Waals surface area contributed by atoms with E-state index in [0.717, 1.165) is 9.25 Å². The van der Waals surface area contributed by atoms with Gasteiger partial charge in [0.05, 0.1) is 13.1 Å². The number of hydrazine groups is 1. The van der Waals surface area contributed by atoms with Crippen LogP contribution in [-0.2, 0) is 13.1 Å². The van der Waals surface area contributed by atoms with E-state index in [0.29, 0.717) is 16.4 Å². The molecule has 0 saturated carbocycles. The number of alkyl halides is 3. The number of hydrogen-bond acceptors (Lipinski definition) is 8. The summed E-state index contributed by atoms with van der Waals surface area (Å²) in [5, 5.41) is 25.8. The standard InChI is InChI=1S/C21H21ClF3N7O3/c1-12(33)18-27-16(28-32(18)17-4-2-3-9-26-17)11-31-20(35)30(10-15(34)21(23,24)25)19(29-31)13-5-7-14(22)8-6-13/h2-9,12,15-16,28,33-34H,10-11H2,1H3/t12-,15-,16?/m0/s1. The van der Waals surface area contributed by atoms with Crippen LogP contribution in [0, 0.1) is 0 Å². The van der Waals surface area contributed by atoms with Crippen LogP contribution in [0.4, 0.5) is 19.0 Å². The van der Waals surface area contributed by atoms with Gasteiger partial charge >= 0.3 is 11.9 Å². The van der Waals surface area contributed by atoms with Crippen molar-refractivity contribution < 1.29 is 23.4 Å². The van der Waals surface area contributed by atoms with Gasteiger partial charge in [0.1, 0.15) is 18.1 Å². The van der Waals surface area contributed by atoms with Gasteiger partial charge in [0, 0.05) is 16.8 Å². The summed E-state index contributed by atoms with van der Waals surface area (Å²) in [7, 11) is 0. The number of aliphatic hydroxyl groups excluding tert-OH is 2. The normalized spacial score (nSPS) is 18.0. The van der Waals surface area contributed by atoms with Crippen LogP contribution in [0.2, 0.25) is 5.02 Å². The van der Waals surface area contributed by atoms with Crippen molar-refractivity contribution in [2.24, 2.45) is 4.99 Å². The molecule has 3 atom stereocenters. The Morgan fingerprint density at radius 1 is 1.17 bits per heavy atom. The summed E-state index contributed by atoms with van der Waals surface area (Å²) in [6.45, 7) is 0.297. The number of aromatic nitrogens is 4. The number of benzene rings is 1. The van der Waals surface area contributed by atoms with Crippen LogP contribution in [0.3, 0.4) is 0 Å². The van der Waals surface area contributed by atoms with Crippen molar-refractivity contribution >= 4 is 23.3 Å². The van der Waals surface area contributed by atoms with Gasteiger partial charge in [0.15, 0.2) is 17.8 Å². The number of anilines is 1. The Bertz CT molecular complexity index is 1260. The van der Waals surface area contributed by atoms with Crippen molar-refractivity contribution in [2.75, 3.05) is 5.01 Å². The van der Waals surface area contributed by atoms with Gasteiger partial charge in [-0.05, 0) is 43.3 Å². The Balaban J connectivity index is 1.68. The minimum absolute atomic E-state index is 0.0747. The van der Waals surface area contributed by atoms with Crippen molar-refractivity contribution in [1.82, 2.24) is 24.8 Å². The largest absolute Gasteiger partial charge is 0.416 e. The highest BCUT2D eigenvalue weighted by Crippen LogP contribution is 2.24. The van der Waals surface area contributed by atoms with Gasteiger partial charge in [-0.3, -0.25) is 4.57 Å². The van der Waals surface area contributed by atoms with E-state index in [9.17, 15) is 28.2 Å². The fourth-order valence-electron chi connectivity index (χ4n) is 3.48. The molecule has 186 valence electrons. The minimum Gasteiger partial charge on any atom is -0.385 e. The van der Waals surface area contributed by atoms with Crippen LogP contribution in [0.25, 0.3) is 11.4 Å². The van der Waals surface area contributed by atoms with Crippen LogP contribution in [0.15, 0.2) is 58.4 Å². The van der Waals surface area contributed by atoms with E-state index in [2.05, 4.69) is 20.5 Å². The summed E-state index contributed by atoms with van der Waals surface area (Å²) in [6.07, 6.45) is -7.90. The molecule has 1 unspecified atom stereocenters. The van der Waals surface area contributed by atoms with E-state index in [1.165, 1.54) is 36.2 Å². The van der Waals surface area contributed by atoms with Crippen LogP contribution < -0.4 is 16.1 Å². The Hall–Kier alpha value is -3.26. The molecule has 1 aliphatic heterocycles. The highest BCUT2D eigenvalue weighted by Gasteiger charge is 2.39. The Kier molecular flexibility index (Phi) is 6.94. The van der Waals surface area contributed by atoms with E-state index in [4.69, 9.17) is 11.6 Å². The zero-order chi connectivity index (χ0) is 25.3. The lowest BCUT2D eigenvalue weighted by molar-refractivity contribution is -0.207. The van der Waals surface area contributed by atoms with Crippen molar-refractivity contribution in [2.45, 2.75) is 44.6 Å². The molecule has 0 spiro atoms. The number of rotatable bonds is 7. The number of aliphatic imine (C=N–C) groups is 1. The lowest BCUT2D eigenvalue weighted by Crippen LogP contribution is -2.46. The molecule has 3 heterocycles. The summed E-state index contributed by atoms with van der Waals surface area (Å²) in [5.41, 5.74) is 2.47. The summed E-state index contributed by atoms with van der Waals surface area (Å²) in [4.78, 5) is 21.7.